The van der Waals surface area contributed by atoms with Crippen molar-refractivity contribution >= 4 is 11.6 Å². The number of aliphatic hydroxyl groups is 2. The predicted octanol–water partition coefficient (Wildman–Crippen LogP) is 3.17. The van der Waals surface area contributed by atoms with Gasteiger partial charge in [-0.2, -0.15) is 5.26 Å². The van der Waals surface area contributed by atoms with Gasteiger partial charge in [-0.05, 0) is 41.8 Å². The van der Waals surface area contributed by atoms with Crippen LogP contribution in [0, 0.1) is 11.3 Å². The summed E-state index contributed by atoms with van der Waals surface area (Å²) in [5.41, 5.74) is 3.61. The molecule has 0 aliphatic carbocycles. The number of nitriles is 1. The van der Waals surface area contributed by atoms with Crippen LogP contribution < -0.4 is 0 Å². The Morgan fingerprint density at radius 1 is 1.19 bits per heavy atom. The first-order valence-electron chi connectivity index (χ1n) is 10.4. The van der Waals surface area contributed by atoms with E-state index in [1.807, 2.05) is 48.9 Å². The quantitative estimate of drug-likeness (QED) is 0.594. The van der Waals surface area contributed by atoms with Crippen molar-refractivity contribution in [3.8, 4) is 6.07 Å². The van der Waals surface area contributed by atoms with Crippen LogP contribution in [0.15, 0.2) is 61.1 Å². The standard InChI is InChI=1S/C24H25ClN4O2/c25-20-3-1-2-19(11-20)24(31)23-12-22(30)15-28(23)8-9-29-16-27-14-21(29)10-17-4-6-18(13-26)7-5-17/h1-7,11,14,16,22-24,30-31H,8-10,12,15H2/t22-,23+,24-/m1/s1. The van der Waals surface area contributed by atoms with E-state index >= 15 is 0 Å². The third-order valence-corrected chi connectivity index (χ3v) is 6.11. The van der Waals surface area contributed by atoms with E-state index in [9.17, 15) is 10.2 Å². The first kappa shape index (κ1) is 21.5. The number of halogens is 1. The maximum absolute atomic E-state index is 10.9. The number of benzene rings is 2. The van der Waals surface area contributed by atoms with E-state index in [-0.39, 0.29) is 6.04 Å². The van der Waals surface area contributed by atoms with Crippen LogP contribution in [0.1, 0.15) is 34.9 Å². The van der Waals surface area contributed by atoms with Crippen LogP contribution >= 0.6 is 11.6 Å². The van der Waals surface area contributed by atoms with Crippen molar-refractivity contribution in [1.29, 1.82) is 5.26 Å². The van der Waals surface area contributed by atoms with Crippen molar-refractivity contribution in [3.05, 3.63) is 88.5 Å². The third kappa shape index (κ3) is 5.15. The van der Waals surface area contributed by atoms with Crippen LogP contribution in [0.2, 0.25) is 5.02 Å². The molecule has 7 heteroatoms. The molecule has 4 rings (SSSR count). The molecule has 0 saturated carbocycles. The highest BCUT2D eigenvalue weighted by Gasteiger charge is 2.36. The van der Waals surface area contributed by atoms with Crippen LogP contribution in [0.5, 0.6) is 0 Å². The van der Waals surface area contributed by atoms with Gasteiger partial charge in [-0.25, -0.2) is 4.98 Å². The van der Waals surface area contributed by atoms with Gasteiger partial charge in [0.15, 0.2) is 0 Å². The summed E-state index contributed by atoms with van der Waals surface area (Å²) in [5.74, 6) is 0. The molecule has 0 spiro atoms. The van der Waals surface area contributed by atoms with Gasteiger partial charge >= 0.3 is 0 Å². The van der Waals surface area contributed by atoms with Crippen LogP contribution in [-0.4, -0.2) is 49.9 Å². The van der Waals surface area contributed by atoms with Crippen molar-refractivity contribution in [1.82, 2.24) is 14.5 Å². The minimum Gasteiger partial charge on any atom is -0.392 e. The molecular formula is C24H25ClN4O2. The molecule has 1 aliphatic heterocycles. The van der Waals surface area contributed by atoms with Gasteiger partial charge in [0.25, 0.3) is 0 Å². The number of imidazole rings is 1. The van der Waals surface area contributed by atoms with Crippen LogP contribution in [0.25, 0.3) is 0 Å². The topological polar surface area (TPSA) is 85.3 Å². The van der Waals surface area contributed by atoms with E-state index in [0.717, 1.165) is 23.2 Å². The van der Waals surface area contributed by atoms with Gasteiger partial charge < -0.3 is 14.8 Å². The summed E-state index contributed by atoms with van der Waals surface area (Å²) in [6.07, 6.45) is 3.75. The fourth-order valence-electron chi connectivity index (χ4n) is 4.25. The molecule has 6 nitrogen and oxygen atoms in total. The zero-order valence-corrected chi connectivity index (χ0v) is 17.9. The van der Waals surface area contributed by atoms with Gasteiger partial charge in [-0.15, -0.1) is 0 Å². The molecule has 3 atom stereocenters. The SMILES string of the molecule is N#Cc1ccc(Cc2cncn2CCN2C[C@H](O)C[C@H]2[C@H](O)c2cccc(Cl)c2)cc1. The Labute approximate surface area is 187 Å². The first-order valence-corrected chi connectivity index (χ1v) is 10.7. The minimum atomic E-state index is -0.711. The molecule has 1 saturated heterocycles. The van der Waals surface area contributed by atoms with Gasteiger partial charge in [0, 0.05) is 49.0 Å². The monoisotopic (exact) mass is 436 g/mol. The summed E-state index contributed by atoms with van der Waals surface area (Å²) in [4.78, 5) is 6.44. The molecule has 1 aromatic heterocycles. The Morgan fingerprint density at radius 2 is 2.00 bits per heavy atom. The Hall–Kier alpha value is -2.69. The van der Waals surface area contributed by atoms with Crippen LogP contribution in [-0.2, 0) is 13.0 Å². The molecule has 2 heterocycles. The molecular weight excluding hydrogens is 412 g/mol. The second-order valence-corrected chi connectivity index (χ2v) is 8.45. The van der Waals surface area contributed by atoms with E-state index in [2.05, 4.69) is 20.5 Å². The zero-order valence-electron chi connectivity index (χ0n) is 17.1. The molecule has 3 aromatic rings. The van der Waals surface area contributed by atoms with Crippen molar-refractivity contribution in [2.45, 2.75) is 37.6 Å². The maximum Gasteiger partial charge on any atom is 0.0991 e. The average Bonchev–Trinajstić information content (AvgIpc) is 3.38. The lowest BCUT2D eigenvalue weighted by molar-refractivity contribution is 0.0707. The number of likely N-dealkylation sites (tertiary alicyclic amines) is 1. The summed E-state index contributed by atoms with van der Waals surface area (Å²) < 4.78 is 2.10. The van der Waals surface area contributed by atoms with Gasteiger partial charge in [0.2, 0.25) is 0 Å². The fourth-order valence-corrected chi connectivity index (χ4v) is 4.44. The normalized spacial score (nSPS) is 19.9. The predicted molar refractivity (Wildman–Crippen MR) is 119 cm³/mol. The number of nitrogens with zero attached hydrogens (tertiary/aromatic N) is 4. The molecule has 160 valence electrons. The van der Waals surface area contributed by atoms with Gasteiger partial charge in [0.1, 0.15) is 0 Å². The fraction of sp³-hybridized carbons (Fsp3) is 0.333. The number of β-amino-alcohol motifs (C(OH)–C–C–N with tert-alkyl or cyclic N) is 1. The van der Waals surface area contributed by atoms with E-state index in [1.165, 1.54) is 0 Å². The number of aliphatic hydroxyl groups excluding tert-OH is 2. The summed E-state index contributed by atoms with van der Waals surface area (Å²) >= 11 is 6.09. The molecule has 2 N–H and O–H groups in total. The summed E-state index contributed by atoms with van der Waals surface area (Å²) in [6.45, 7) is 1.93. The average molecular weight is 437 g/mol. The van der Waals surface area contributed by atoms with Crippen molar-refractivity contribution < 1.29 is 10.2 Å². The van der Waals surface area contributed by atoms with Crippen LogP contribution in [0.4, 0.5) is 0 Å². The highest BCUT2D eigenvalue weighted by Crippen LogP contribution is 2.30. The Morgan fingerprint density at radius 3 is 2.74 bits per heavy atom. The highest BCUT2D eigenvalue weighted by atomic mass is 35.5. The zero-order chi connectivity index (χ0) is 21.8. The van der Waals surface area contributed by atoms with Crippen LogP contribution in [0.3, 0.4) is 0 Å². The highest BCUT2D eigenvalue weighted by molar-refractivity contribution is 6.30. The minimum absolute atomic E-state index is 0.168. The summed E-state index contributed by atoms with van der Waals surface area (Å²) in [5, 5.41) is 30.7. The lowest BCUT2D eigenvalue weighted by Gasteiger charge is -2.29. The number of aromatic nitrogens is 2. The molecule has 1 aliphatic rings. The Kier molecular flexibility index (Phi) is 6.69. The van der Waals surface area contributed by atoms with Gasteiger partial charge in [-0.1, -0.05) is 35.9 Å². The molecule has 0 unspecified atom stereocenters. The second-order valence-electron chi connectivity index (χ2n) is 8.02. The molecule has 31 heavy (non-hydrogen) atoms. The maximum atomic E-state index is 10.9. The molecule has 0 amide bonds. The lowest BCUT2D eigenvalue weighted by atomic mass is 10.00. The number of rotatable bonds is 7. The van der Waals surface area contributed by atoms with E-state index < -0.39 is 12.2 Å². The largest absolute Gasteiger partial charge is 0.392 e. The number of hydrogen-bond acceptors (Lipinski definition) is 5. The Bertz CT molecular complexity index is 1060. The summed E-state index contributed by atoms with van der Waals surface area (Å²) in [6, 6.07) is 16.8. The second kappa shape index (κ2) is 9.63. The molecule has 0 bridgehead atoms. The summed E-state index contributed by atoms with van der Waals surface area (Å²) in [7, 11) is 0. The van der Waals surface area contributed by atoms with E-state index in [1.54, 1.807) is 12.1 Å². The molecule has 1 fully saturated rings. The van der Waals surface area contributed by atoms with Gasteiger partial charge in [0.05, 0.1) is 30.2 Å². The van der Waals surface area contributed by atoms with Crippen molar-refractivity contribution in [3.63, 3.8) is 0 Å². The molecule has 0 radical (unpaired) electrons. The van der Waals surface area contributed by atoms with E-state index in [4.69, 9.17) is 16.9 Å². The van der Waals surface area contributed by atoms with Gasteiger partial charge in [-0.3, -0.25) is 4.90 Å². The van der Waals surface area contributed by atoms with E-state index in [0.29, 0.717) is 36.6 Å². The first-order chi connectivity index (χ1) is 15.0. The molecule has 2 aromatic carbocycles. The van der Waals surface area contributed by atoms with Crippen molar-refractivity contribution in [2.24, 2.45) is 0 Å². The Balaban J connectivity index is 1.42. The smallest absolute Gasteiger partial charge is 0.0991 e. The third-order valence-electron chi connectivity index (χ3n) is 5.88. The lowest BCUT2D eigenvalue weighted by Crippen LogP contribution is -2.37. The van der Waals surface area contributed by atoms with Crippen molar-refractivity contribution in [2.75, 3.05) is 13.1 Å². The number of hydrogen-bond donors (Lipinski definition) is 2.